The molecule has 0 spiro atoms. The molecule has 5 nitrogen and oxygen atoms in total. The van der Waals surface area contributed by atoms with Crippen molar-refractivity contribution in [1.82, 2.24) is 4.68 Å². The van der Waals surface area contributed by atoms with Gasteiger partial charge in [-0.1, -0.05) is 25.3 Å². The van der Waals surface area contributed by atoms with Crippen LogP contribution in [-0.2, 0) is 0 Å². The van der Waals surface area contributed by atoms with Gasteiger partial charge in [-0.3, -0.25) is 4.99 Å². The van der Waals surface area contributed by atoms with E-state index in [2.05, 4.69) is 5.10 Å². The average molecular weight is 458 g/mol. The van der Waals surface area contributed by atoms with Crippen LogP contribution in [0.15, 0.2) is 51.9 Å². The van der Waals surface area contributed by atoms with Gasteiger partial charge in [0.05, 0.1) is 32.2 Å². The van der Waals surface area contributed by atoms with E-state index in [0.29, 0.717) is 17.1 Å². The third-order valence-electron chi connectivity index (χ3n) is 5.50. The Morgan fingerprint density at radius 1 is 1.00 bits per heavy atom. The van der Waals surface area contributed by atoms with E-state index in [4.69, 9.17) is 14.5 Å². The fourth-order valence-corrected chi connectivity index (χ4v) is 4.68. The van der Waals surface area contributed by atoms with E-state index in [1.807, 2.05) is 23.6 Å². The zero-order chi connectivity index (χ0) is 22.5. The second-order valence-electron chi connectivity index (χ2n) is 7.62. The van der Waals surface area contributed by atoms with Crippen molar-refractivity contribution >= 4 is 17.6 Å². The molecule has 168 valence electrons. The van der Waals surface area contributed by atoms with Gasteiger partial charge in [0.15, 0.2) is 11.6 Å². The minimum absolute atomic E-state index is 0.257. The van der Waals surface area contributed by atoms with Crippen molar-refractivity contribution in [1.29, 1.82) is 0 Å². The van der Waals surface area contributed by atoms with E-state index in [9.17, 15) is 8.78 Å². The zero-order valence-corrected chi connectivity index (χ0v) is 18.9. The lowest BCUT2D eigenvalue weighted by molar-refractivity contribution is 0.404. The molecule has 32 heavy (non-hydrogen) atoms. The van der Waals surface area contributed by atoms with Crippen molar-refractivity contribution in [2.45, 2.75) is 38.1 Å². The number of hydrogen-bond donors (Lipinski definition) is 0. The van der Waals surface area contributed by atoms with Crippen molar-refractivity contribution in [2.75, 3.05) is 14.2 Å². The van der Waals surface area contributed by atoms with E-state index in [1.54, 1.807) is 18.9 Å². The van der Waals surface area contributed by atoms with Crippen LogP contribution < -0.4 is 14.3 Å². The molecule has 0 unspecified atom stereocenters. The summed E-state index contributed by atoms with van der Waals surface area (Å²) in [5.41, 5.74) is 2.03. The number of thiazole rings is 1. The van der Waals surface area contributed by atoms with Crippen LogP contribution in [0.5, 0.6) is 11.5 Å². The third kappa shape index (κ3) is 4.91. The quantitative estimate of drug-likeness (QED) is 0.451. The second kappa shape index (κ2) is 10.1. The summed E-state index contributed by atoms with van der Waals surface area (Å²) in [7, 11) is 3.22. The number of rotatable bonds is 6. The highest BCUT2D eigenvalue weighted by Crippen LogP contribution is 2.34. The molecule has 1 fully saturated rings. The summed E-state index contributed by atoms with van der Waals surface area (Å²) in [4.78, 5) is 5.71. The van der Waals surface area contributed by atoms with Crippen LogP contribution in [-0.4, -0.2) is 31.2 Å². The van der Waals surface area contributed by atoms with E-state index < -0.39 is 11.6 Å². The van der Waals surface area contributed by atoms with Crippen LogP contribution in [0.3, 0.4) is 0 Å². The maximum Gasteiger partial charge on any atom is 0.206 e. The molecule has 1 saturated carbocycles. The van der Waals surface area contributed by atoms with Gasteiger partial charge in [-0.15, -0.1) is 11.3 Å². The lowest BCUT2D eigenvalue weighted by Crippen LogP contribution is -2.19. The Hall–Kier alpha value is -3.00. The Kier molecular flexibility index (Phi) is 6.99. The Balaban J connectivity index is 1.83. The first kappa shape index (κ1) is 22.2. The van der Waals surface area contributed by atoms with Crippen molar-refractivity contribution in [3.05, 3.63) is 63.8 Å². The molecular formula is C24H25F2N3O2S. The highest BCUT2D eigenvalue weighted by Gasteiger charge is 2.16. The highest BCUT2D eigenvalue weighted by molar-refractivity contribution is 7.07. The number of halogens is 2. The molecule has 8 heteroatoms. The number of benzene rings is 2. The lowest BCUT2D eigenvalue weighted by atomic mass is 9.96. The number of hydrogen-bond acceptors (Lipinski definition) is 5. The van der Waals surface area contributed by atoms with Crippen molar-refractivity contribution in [2.24, 2.45) is 10.1 Å². The topological polar surface area (TPSA) is 48.1 Å². The van der Waals surface area contributed by atoms with Crippen LogP contribution in [0.4, 0.5) is 8.78 Å². The van der Waals surface area contributed by atoms with Crippen LogP contribution >= 0.6 is 11.3 Å². The molecule has 2 aromatic carbocycles. The van der Waals surface area contributed by atoms with Gasteiger partial charge in [-0.2, -0.15) is 5.10 Å². The van der Waals surface area contributed by atoms with Gasteiger partial charge in [0.2, 0.25) is 4.80 Å². The Bertz CT molecular complexity index is 1180. The predicted octanol–water partition coefficient (Wildman–Crippen LogP) is 5.63. The van der Waals surface area contributed by atoms with Crippen LogP contribution in [0.2, 0.25) is 0 Å². The van der Waals surface area contributed by atoms with Crippen molar-refractivity contribution < 1.29 is 18.3 Å². The summed E-state index contributed by atoms with van der Waals surface area (Å²) in [6, 6.07) is 9.51. The molecule has 0 N–H and O–H groups in total. The summed E-state index contributed by atoms with van der Waals surface area (Å²) in [6.45, 7) is 0. The monoisotopic (exact) mass is 457 g/mol. The molecule has 0 aliphatic heterocycles. The van der Waals surface area contributed by atoms with Gasteiger partial charge >= 0.3 is 0 Å². The Morgan fingerprint density at radius 2 is 1.81 bits per heavy atom. The first-order valence-electron chi connectivity index (χ1n) is 10.5. The normalized spacial score (nSPS) is 15.4. The molecule has 0 radical (unpaired) electrons. The maximum atomic E-state index is 13.7. The fraction of sp³-hybridized carbons (Fsp3) is 0.333. The van der Waals surface area contributed by atoms with Gasteiger partial charge in [-0.05, 0) is 48.7 Å². The second-order valence-corrected chi connectivity index (χ2v) is 8.46. The predicted molar refractivity (Wildman–Crippen MR) is 123 cm³/mol. The average Bonchev–Trinajstić information content (AvgIpc) is 3.22. The van der Waals surface area contributed by atoms with E-state index in [0.717, 1.165) is 41.0 Å². The molecular weight excluding hydrogens is 432 g/mol. The first-order chi connectivity index (χ1) is 15.6. The maximum absolute atomic E-state index is 13.7. The first-order valence-corrected chi connectivity index (χ1v) is 11.4. The lowest BCUT2D eigenvalue weighted by Gasteiger charge is -2.17. The van der Waals surface area contributed by atoms with Crippen LogP contribution in [0, 0.1) is 11.6 Å². The largest absolute Gasteiger partial charge is 0.497 e. The number of methoxy groups -OCH3 is 2. The van der Waals surface area contributed by atoms with E-state index in [1.165, 1.54) is 42.9 Å². The van der Waals surface area contributed by atoms with Gasteiger partial charge in [0, 0.05) is 10.9 Å². The van der Waals surface area contributed by atoms with Gasteiger partial charge < -0.3 is 9.47 Å². The van der Waals surface area contributed by atoms with Crippen LogP contribution in [0.1, 0.15) is 37.7 Å². The van der Waals surface area contributed by atoms with Crippen molar-refractivity contribution in [3.8, 4) is 22.8 Å². The Morgan fingerprint density at radius 3 is 2.53 bits per heavy atom. The molecule has 3 aromatic rings. The zero-order valence-electron chi connectivity index (χ0n) is 18.1. The molecule has 1 aliphatic rings. The van der Waals surface area contributed by atoms with Gasteiger partial charge in [-0.25, -0.2) is 13.5 Å². The molecule has 1 aromatic heterocycles. The number of aromatic nitrogens is 1. The molecule has 0 bridgehead atoms. The fourth-order valence-electron chi connectivity index (χ4n) is 3.78. The summed E-state index contributed by atoms with van der Waals surface area (Å²) in [5, 5.41) is 6.58. The smallest absolute Gasteiger partial charge is 0.206 e. The van der Waals surface area contributed by atoms with Gasteiger partial charge in [0.1, 0.15) is 11.5 Å². The molecule has 0 saturated heterocycles. The highest BCUT2D eigenvalue weighted by atomic mass is 32.1. The molecule has 1 aliphatic carbocycles. The van der Waals surface area contributed by atoms with Gasteiger partial charge in [0.25, 0.3) is 0 Å². The minimum atomic E-state index is -0.911. The summed E-state index contributed by atoms with van der Waals surface area (Å²) in [5.74, 6) is -0.440. The third-order valence-corrected chi connectivity index (χ3v) is 6.33. The number of ether oxygens (including phenoxy) is 2. The summed E-state index contributed by atoms with van der Waals surface area (Å²) in [6.07, 6.45) is 7.22. The molecule has 4 rings (SSSR count). The number of nitrogens with zero attached hydrogens (tertiary/aromatic N) is 3. The molecule has 0 atom stereocenters. The summed E-state index contributed by atoms with van der Waals surface area (Å²) < 4.78 is 39.7. The standard InChI is InChI=1S/C24H25F2N3O2S/c1-30-18-9-11-23(31-2)19(13-18)22-15-32-24(28-17-6-4-3-5-7-17)29(22)27-14-16-8-10-20(25)21(26)12-16/h8-15,17H,3-7H2,1-2H3. The van der Waals surface area contributed by atoms with Crippen LogP contribution in [0.25, 0.3) is 11.3 Å². The van der Waals surface area contributed by atoms with E-state index >= 15 is 0 Å². The Labute approximate surface area is 189 Å². The van der Waals surface area contributed by atoms with Crippen molar-refractivity contribution in [3.63, 3.8) is 0 Å². The molecule has 1 heterocycles. The molecule has 0 amide bonds. The summed E-state index contributed by atoms with van der Waals surface area (Å²) >= 11 is 1.49. The minimum Gasteiger partial charge on any atom is -0.497 e. The SMILES string of the molecule is COc1ccc(OC)c(-c2csc(=NC3CCCCC3)n2N=Cc2ccc(F)c(F)c2)c1. The van der Waals surface area contributed by atoms with E-state index in [-0.39, 0.29) is 6.04 Å².